The summed E-state index contributed by atoms with van der Waals surface area (Å²) in [7, 11) is 0. The monoisotopic (exact) mass is 175 g/mol. The van der Waals surface area contributed by atoms with Gasteiger partial charge < -0.3 is 5.32 Å². The molecular weight excluding hydrogens is 158 g/mol. The predicted molar refractivity (Wildman–Crippen MR) is 51.2 cm³/mol. The molecule has 0 aliphatic carbocycles. The number of hydrogen-bond acceptors (Lipinski definition) is 3. The molecule has 0 unspecified atom stereocenters. The van der Waals surface area contributed by atoms with Gasteiger partial charge in [-0.2, -0.15) is 12.6 Å². The van der Waals surface area contributed by atoms with E-state index in [0.717, 1.165) is 6.54 Å². The third kappa shape index (κ3) is 3.77. The van der Waals surface area contributed by atoms with Crippen LogP contribution < -0.4 is 5.32 Å². The fraction of sp³-hybridized carbons (Fsp3) is 0.875. The van der Waals surface area contributed by atoms with E-state index in [-0.39, 0.29) is 17.7 Å². The Hall–Kier alpha value is -0.0200. The van der Waals surface area contributed by atoms with Crippen LogP contribution in [-0.2, 0) is 4.79 Å². The molecule has 0 saturated heterocycles. The minimum absolute atomic E-state index is 0.0664. The number of carbonyl (C=O) groups excluding carboxylic acids is 1. The highest BCUT2D eigenvalue weighted by atomic mass is 32.1. The third-order valence-corrected chi connectivity index (χ3v) is 1.91. The lowest BCUT2D eigenvalue weighted by atomic mass is 10.0. The van der Waals surface area contributed by atoms with Gasteiger partial charge in [0.05, 0.1) is 6.04 Å². The number of carbonyl (C=O) groups is 1. The van der Waals surface area contributed by atoms with Crippen LogP contribution in [-0.4, -0.2) is 24.1 Å². The van der Waals surface area contributed by atoms with E-state index in [2.05, 4.69) is 17.9 Å². The predicted octanol–water partition coefficient (Wildman–Crippen LogP) is 1.12. The average molecular weight is 175 g/mol. The maximum atomic E-state index is 11.4. The molecule has 0 aromatic carbocycles. The van der Waals surface area contributed by atoms with Crippen LogP contribution in [0.3, 0.4) is 0 Å². The van der Waals surface area contributed by atoms with E-state index in [4.69, 9.17) is 0 Å². The summed E-state index contributed by atoms with van der Waals surface area (Å²) in [5.74, 6) is 0.943. The molecule has 3 heteroatoms. The Balaban J connectivity index is 3.92. The number of rotatable bonds is 5. The van der Waals surface area contributed by atoms with Crippen molar-refractivity contribution in [2.75, 3.05) is 12.3 Å². The normalized spacial score (nSPS) is 13.5. The zero-order chi connectivity index (χ0) is 8.85. The van der Waals surface area contributed by atoms with E-state index >= 15 is 0 Å². The van der Waals surface area contributed by atoms with Crippen LogP contribution >= 0.6 is 12.6 Å². The molecule has 0 aromatic heterocycles. The largest absolute Gasteiger partial charge is 0.307 e. The molecule has 0 heterocycles. The molecule has 0 aromatic rings. The van der Waals surface area contributed by atoms with Gasteiger partial charge in [-0.05, 0) is 6.54 Å². The summed E-state index contributed by atoms with van der Waals surface area (Å²) in [5, 5.41) is 3.09. The molecule has 11 heavy (non-hydrogen) atoms. The fourth-order valence-corrected chi connectivity index (χ4v) is 1.21. The lowest BCUT2D eigenvalue weighted by molar-refractivity contribution is -0.123. The molecule has 66 valence electrons. The Bertz CT molecular complexity index is 125. The Labute approximate surface area is 74.2 Å². The Morgan fingerprint density at radius 2 is 2.09 bits per heavy atom. The van der Waals surface area contributed by atoms with E-state index in [9.17, 15) is 4.79 Å². The van der Waals surface area contributed by atoms with Gasteiger partial charge in [-0.25, -0.2) is 0 Å². The van der Waals surface area contributed by atoms with Gasteiger partial charge in [0.15, 0.2) is 5.78 Å². The summed E-state index contributed by atoms with van der Waals surface area (Å²) >= 11 is 4.10. The first-order valence-electron chi connectivity index (χ1n) is 4.01. The van der Waals surface area contributed by atoms with E-state index in [0.29, 0.717) is 5.75 Å². The van der Waals surface area contributed by atoms with E-state index in [1.807, 2.05) is 20.8 Å². The summed E-state index contributed by atoms with van der Waals surface area (Å²) in [4.78, 5) is 11.4. The topological polar surface area (TPSA) is 29.1 Å². The maximum absolute atomic E-state index is 11.4. The molecule has 0 spiro atoms. The van der Waals surface area contributed by atoms with Crippen molar-refractivity contribution in [3.8, 4) is 0 Å². The number of ketones is 1. The van der Waals surface area contributed by atoms with Gasteiger partial charge in [0.1, 0.15) is 0 Å². The maximum Gasteiger partial charge on any atom is 0.153 e. The SMILES string of the molecule is CCN[C@@H](CS)C(=O)C(C)C. The van der Waals surface area contributed by atoms with E-state index in [1.165, 1.54) is 0 Å². The van der Waals surface area contributed by atoms with Crippen molar-refractivity contribution < 1.29 is 4.79 Å². The van der Waals surface area contributed by atoms with Crippen molar-refractivity contribution in [1.82, 2.24) is 5.32 Å². The first kappa shape index (κ1) is 11.0. The van der Waals surface area contributed by atoms with Gasteiger partial charge in [-0.15, -0.1) is 0 Å². The zero-order valence-electron chi connectivity index (χ0n) is 7.42. The molecule has 0 bridgehead atoms. The quantitative estimate of drug-likeness (QED) is 0.613. The molecule has 1 N–H and O–H groups in total. The molecular formula is C8H17NOS. The second-order valence-corrected chi connectivity index (χ2v) is 3.22. The van der Waals surface area contributed by atoms with Crippen LogP contribution in [0, 0.1) is 5.92 Å². The molecule has 0 fully saturated rings. The van der Waals surface area contributed by atoms with E-state index in [1.54, 1.807) is 0 Å². The van der Waals surface area contributed by atoms with Crippen molar-refractivity contribution in [2.24, 2.45) is 5.92 Å². The van der Waals surface area contributed by atoms with Gasteiger partial charge in [0, 0.05) is 11.7 Å². The van der Waals surface area contributed by atoms with Crippen LogP contribution in [0.4, 0.5) is 0 Å². The molecule has 0 rings (SSSR count). The second-order valence-electron chi connectivity index (χ2n) is 2.85. The first-order chi connectivity index (χ1) is 5.13. The summed E-state index contributed by atoms with van der Waals surface area (Å²) in [6.07, 6.45) is 0. The third-order valence-electron chi connectivity index (χ3n) is 1.55. The van der Waals surface area contributed by atoms with Gasteiger partial charge in [-0.1, -0.05) is 20.8 Å². The summed E-state index contributed by atoms with van der Waals surface area (Å²) in [6, 6.07) is -0.0664. The Kier molecular flexibility index (Phi) is 5.60. The van der Waals surface area contributed by atoms with Crippen molar-refractivity contribution in [3.63, 3.8) is 0 Å². The summed E-state index contributed by atoms with van der Waals surface area (Å²) < 4.78 is 0. The summed E-state index contributed by atoms with van der Waals surface area (Å²) in [6.45, 7) is 6.64. The smallest absolute Gasteiger partial charge is 0.153 e. The minimum atomic E-state index is -0.0664. The van der Waals surface area contributed by atoms with Crippen LogP contribution in [0.25, 0.3) is 0 Å². The highest BCUT2D eigenvalue weighted by Crippen LogP contribution is 2.00. The van der Waals surface area contributed by atoms with E-state index < -0.39 is 0 Å². The number of likely N-dealkylation sites (N-methyl/N-ethyl adjacent to an activating group) is 1. The zero-order valence-corrected chi connectivity index (χ0v) is 8.32. The van der Waals surface area contributed by atoms with Crippen LogP contribution in [0.1, 0.15) is 20.8 Å². The highest BCUT2D eigenvalue weighted by molar-refractivity contribution is 7.80. The lowest BCUT2D eigenvalue weighted by Gasteiger charge is -2.15. The van der Waals surface area contributed by atoms with Gasteiger partial charge in [-0.3, -0.25) is 4.79 Å². The lowest BCUT2D eigenvalue weighted by Crippen LogP contribution is -2.40. The number of Topliss-reactive ketones (excluding diaryl/α,β-unsaturated/α-hetero) is 1. The molecule has 0 amide bonds. The van der Waals surface area contributed by atoms with Gasteiger partial charge >= 0.3 is 0 Å². The second kappa shape index (κ2) is 5.61. The number of thiol groups is 1. The van der Waals surface area contributed by atoms with Crippen LogP contribution in [0.15, 0.2) is 0 Å². The summed E-state index contributed by atoms with van der Waals surface area (Å²) in [5.41, 5.74) is 0. The first-order valence-corrected chi connectivity index (χ1v) is 4.64. The molecule has 0 aliphatic rings. The Morgan fingerprint density at radius 1 is 1.55 bits per heavy atom. The fourth-order valence-electron chi connectivity index (χ4n) is 0.904. The molecule has 0 saturated carbocycles. The number of nitrogens with one attached hydrogen (secondary N) is 1. The minimum Gasteiger partial charge on any atom is -0.307 e. The molecule has 0 radical (unpaired) electrons. The highest BCUT2D eigenvalue weighted by Gasteiger charge is 2.17. The molecule has 2 nitrogen and oxygen atoms in total. The van der Waals surface area contributed by atoms with Crippen molar-refractivity contribution in [1.29, 1.82) is 0 Å². The van der Waals surface area contributed by atoms with Gasteiger partial charge in [0.25, 0.3) is 0 Å². The Morgan fingerprint density at radius 3 is 2.36 bits per heavy atom. The number of hydrogen-bond donors (Lipinski definition) is 2. The van der Waals surface area contributed by atoms with Gasteiger partial charge in [0.2, 0.25) is 0 Å². The molecule has 0 aliphatic heterocycles. The van der Waals surface area contributed by atoms with Crippen LogP contribution in [0.5, 0.6) is 0 Å². The van der Waals surface area contributed by atoms with Crippen LogP contribution in [0.2, 0.25) is 0 Å². The standard InChI is InChI=1S/C8H17NOS/c1-4-9-7(5-11)8(10)6(2)3/h6-7,9,11H,4-5H2,1-3H3/t7-/m0/s1. The molecule has 1 atom stereocenters. The average Bonchev–Trinajstić information content (AvgIpc) is 1.98. The van der Waals surface area contributed by atoms with Crippen molar-refractivity contribution in [3.05, 3.63) is 0 Å². The van der Waals surface area contributed by atoms with Crippen molar-refractivity contribution in [2.45, 2.75) is 26.8 Å². The van der Waals surface area contributed by atoms with Crippen molar-refractivity contribution >= 4 is 18.4 Å².